The molecule has 2 aromatic rings. The predicted octanol–water partition coefficient (Wildman–Crippen LogP) is 2.76. The van der Waals surface area contributed by atoms with E-state index in [-0.39, 0.29) is 18.9 Å². The Kier molecular flexibility index (Phi) is 3.59. The molecule has 132 valence electrons. The van der Waals surface area contributed by atoms with Gasteiger partial charge in [0.25, 0.3) is 0 Å². The van der Waals surface area contributed by atoms with E-state index in [9.17, 15) is 18.0 Å². The maximum atomic E-state index is 13.1. The van der Waals surface area contributed by atoms with Crippen LogP contribution in [0.25, 0.3) is 0 Å². The summed E-state index contributed by atoms with van der Waals surface area (Å²) in [4.78, 5) is 12.2. The lowest BCUT2D eigenvalue weighted by molar-refractivity contribution is -0.142. The van der Waals surface area contributed by atoms with Crippen LogP contribution in [0.15, 0.2) is 18.2 Å². The van der Waals surface area contributed by atoms with Crippen LogP contribution in [0.2, 0.25) is 0 Å². The fraction of sp³-hybridized carbons (Fsp3) is 0.375. The minimum atomic E-state index is -4.51. The van der Waals surface area contributed by atoms with Gasteiger partial charge >= 0.3 is 6.18 Å². The molecule has 0 fully saturated rings. The first-order chi connectivity index (χ1) is 11.9. The lowest BCUT2D eigenvalue weighted by atomic mass is 10.2. The minimum absolute atomic E-state index is 0.117. The Labute approximate surface area is 140 Å². The summed E-state index contributed by atoms with van der Waals surface area (Å²) in [6.45, 7) is -0.154. The number of benzene rings is 1. The Balaban J connectivity index is 1.52. The number of carbonyl (C=O) groups is 1. The molecule has 6 nitrogen and oxygen atoms in total. The first-order valence-corrected chi connectivity index (χ1v) is 7.77. The third-order valence-corrected chi connectivity index (χ3v) is 4.23. The molecule has 1 aliphatic carbocycles. The number of halogens is 3. The van der Waals surface area contributed by atoms with Crippen molar-refractivity contribution in [3.63, 3.8) is 0 Å². The van der Waals surface area contributed by atoms with E-state index in [1.165, 1.54) is 0 Å². The number of nitrogens with zero attached hydrogens (tertiary/aromatic N) is 2. The number of rotatable bonds is 3. The normalized spacial score (nSPS) is 15.3. The van der Waals surface area contributed by atoms with Gasteiger partial charge in [0, 0.05) is 23.0 Å². The summed E-state index contributed by atoms with van der Waals surface area (Å²) >= 11 is 0. The van der Waals surface area contributed by atoms with Gasteiger partial charge in [0.2, 0.25) is 12.7 Å². The van der Waals surface area contributed by atoms with Crippen LogP contribution >= 0.6 is 0 Å². The van der Waals surface area contributed by atoms with Crippen molar-refractivity contribution < 1.29 is 27.4 Å². The van der Waals surface area contributed by atoms with Crippen LogP contribution in [0, 0.1) is 0 Å². The second-order valence-electron chi connectivity index (χ2n) is 5.90. The van der Waals surface area contributed by atoms with Gasteiger partial charge in [-0.2, -0.15) is 18.3 Å². The minimum Gasteiger partial charge on any atom is -0.454 e. The number of carbonyl (C=O) groups excluding carboxylic acids is 1. The number of ether oxygens (including phenoxy) is 2. The lowest BCUT2D eigenvalue weighted by Gasteiger charge is -2.08. The molecule has 1 aliphatic heterocycles. The highest BCUT2D eigenvalue weighted by molar-refractivity contribution is 5.91. The molecule has 0 bridgehead atoms. The van der Waals surface area contributed by atoms with E-state index in [0.29, 0.717) is 42.1 Å². The Hall–Kier alpha value is -2.71. The third kappa shape index (κ3) is 2.90. The SMILES string of the molecule is O=C(Cn1nc(C(F)(F)F)c2c1CCC2)Nc1ccc2c(c1)OCO2. The smallest absolute Gasteiger partial charge is 0.435 e. The monoisotopic (exact) mass is 353 g/mol. The fourth-order valence-corrected chi connectivity index (χ4v) is 3.18. The zero-order chi connectivity index (χ0) is 17.6. The molecule has 9 heteroatoms. The predicted molar refractivity (Wildman–Crippen MR) is 80.4 cm³/mol. The van der Waals surface area contributed by atoms with Crippen LogP contribution < -0.4 is 14.8 Å². The molecule has 0 atom stereocenters. The number of amides is 1. The van der Waals surface area contributed by atoms with E-state index in [1.54, 1.807) is 18.2 Å². The van der Waals surface area contributed by atoms with Crippen molar-refractivity contribution in [1.29, 1.82) is 0 Å². The van der Waals surface area contributed by atoms with E-state index < -0.39 is 17.8 Å². The number of alkyl halides is 3. The standard InChI is InChI=1S/C16H14F3N3O3/c17-16(18,19)15-10-2-1-3-11(10)22(21-15)7-14(23)20-9-4-5-12-13(6-9)25-8-24-12/h4-6H,1-3,7-8H2,(H,20,23). The van der Waals surface area contributed by atoms with Crippen LogP contribution in [0.3, 0.4) is 0 Å². The van der Waals surface area contributed by atoms with E-state index >= 15 is 0 Å². The summed E-state index contributed by atoms with van der Waals surface area (Å²) in [5.74, 6) is 0.639. The van der Waals surface area contributed by atoms with Crippen molar-refractivity contribution in [2.75, 3.05) is 12.1 Å². The summed E-state index contributed by atoms with van der Waals surface area (Å²) in [5, 5.41) is 6.27. The van der Waals surface area contributed by atoms with Gasteiger partial charge in [0.1, 0.15) is 6.54 Å². The quantitative estimate of drug-likeness (QED) is 0.922. The number of nitrogens with one attached hydrogen (secondary N) is 1. The molecule has 0 saturated heterocycles. The van der Waals surface area contributed by atoms with Gasteiger partial charge < -0.3 is 14.8 Å². The Morgan fingerprint density at radius 3 is 2.84 bits per heavy atom. The van der Waals surface area contributed by atoms with Gasteiger partial charge in [0.15, 0.2) is 17.2 Å². The Bertz CT molecular complexity index is 845. The average molecular weight is 353 g/mol. The van der Waals surface area contributed by atoms with E-state index in [2.05, 4.69) is 10.4 Å². The largest absolute Gasteiger partial charge is 0.454 e. The molecule has 25 heavy (non-hydrogen) atoms. The second kappa shape index (κ2) is 5.68. The van der Waals surface area contributed by atoms with Gasteiger partial charge in [-0.3, -0.25) is 9.48 Å². The van der Waals surface area contributed by atoms with Crippen LogP contribution in [0.1, 0.15) is 23.4 Å². The highest BCUT2D eigenvalue weighted by Gasteiger charge is 2.40. The van der Waals surface area contributed by atoms with Crippen molar-refractivity contribution in [1.82, 2.24) is 9.78 Å². The molecule has 4 rings (SSSR count). The average Bonchev–Trinajstić information content (AvgIpc) is 3.22. The summed E-state index contributed by atoms with van der Waals surface area (Å²) in [7, 11) is 0. The molecule has 0 saturated carbocycles. The third-order valence-electron chi connectivity index (χ3n) is 4.23. The number of fused-ring (bicyclic) bond motifs is 2. The summed E-state index contributed by atoms with van der Waals surface area (Å²) < 4.78 is 50.8. The molecule has 1 amide bonds. The number of anilines is 1. The first kappa shape index (κ1) is 15.8. The maximum Gasteiger partial charge on any atom is 0.435 e. The van der Waals surface area contributed by atoms with Crippen molar-refractivity contribution >= 4 is 11.6 Å². The van der Waals surface area contributed by atoms with Gasteiger partial charge in [-0.15, -0.1) is 0 Å². The molecule has 0 unspecified atom stereocenters. The summed E-state index contributed by atoms with van der Waals surface area (Å²) in [5.41, 5.74) is 0.307. The Morgan fingerprint density at radius 2 is 2.04 bits per heavy atom. The maximum absolute atomic E-state index is 13.1. The first-order valence-electron chi connectivity index (χ1n) is 7.77. The van der Waals surface area contributed by atoms with Crippen molar-refractivity contribution in [3.05, 3.63) is 35.2 Å². The van der Waals surface area contributed by atoms with Crippen LogP contribution in [-0.4, -0.2) is 22.5 Å². The number of aromatic nitrogens is 2. The van der Waals surface area contributed by atoms with Crippen LogP contribution in [-0.2, 0) is 30.4 Å². The molecule has 1 aromatic carbocycles. The highest BCUT2D eigenvalue weighted by Crippen LogP contribution is 2.37. The van der Waals surface area contributed by atoms with Gasteiger partial charge in [-0.05, 0) is 31.4 Å². The number of hydrogen-bond acceptors (Lipinski definition) is 4. The molecular formula is C16H14F3N3O3. The second-order valence-corrected chi connectivity index (χ2v) is 5.90. The molecule has 2 heterocycles. The zero-order valence-corrected chi connectivity index (χ0v) is 13.0. The molecular weight excluding hydrogens is 339 g/mol. The molecule has 1 aromatic heterocycles. The van der Waals surface area contributed by atoms with Gasteiger partial charge in [-0.1, -0.05) is 0 Å². The van der Waals surface area contributed by atoms with E-state index in [4.69, 9.17) is 9.47 Å². The zero-order valence-electron chi connectivity index (χ0n) is 13.0. The van der Waals surface area contributed by atoms with Crippen LogP contribution in [0.4, 0.5) is 18.9 Å². The van der Waals surface area contributed by atoms with Gasteiger partial charge in [0.05, 0.1) is 0 Å². The highest BCUT2D eigenvalue weighted by atomic mass is 19.4. The molecule has 0 spiro atoms. The molecule has 1 N–H and O–H groups in total. The summed E-state index contributed by atoms with van der Waals surface area (Å²) in [6, 6.07) is 4.90. The molecule has 0 radical (unpaired) electrons. The lowest BCUT2D eigenvalue weighted by Crippen LogP contribution is -2.21. The topological polar surface area (TPSA) is 65.4 Å². The van der Waals surface area contributed by atoms with E-state index in [1.807, 2.05) is 0 Å². The number of hydrogen-bond donors (Lipinski definition) is 1. The van der Waals surface area contributed by atoms with Crippen molar-refractivity contribution in [3.8, 4) is 11.5 Å². The fourth-order valence-electron chi connectivity index (χ4n) is 3.18. The molecule has 2 aliphatic rings. The summed E-state index contributed by atoms with van der Waals surface area (Å²) in [6.07, 6.45) is -3.03. The van der Waals surface area contributed by atoms with Crippen molar-refractivity contribution in [2.45, 2.75) is 32.0 Å². The Morgan fingerprint density at radius 1 is 1.24 bits per heavy atom. The van der Waals surface area contributed by atoms with Crippen LogP contribution in [0.5, 0.6) is 11.5 Å². The van der Waals surface area contributed by atoms with Crippen molar-refractivity contribution in [2.24, 2.45) is 0 Å². The van der Waals surface area contributed by atoms with E-state index in [0.717, 1.165) is 4.68 Å². The van der Waals surface area contributed by atoms with Gasteiger partial charge in [-0.25, -0.2) is 0 Å².